The summed E-state index contributed by atoms with van der Waals surface area (Å²) in [6, 6.07) is 9.38. The third kappa shape index (κ3) is 3.99. The van der Waals surface area contributed by atoms with Crippen molar-refractivity contribution in [3.05, 3.63) is 34.9 Å². The normalized spacial score (nSPS) is 27.2. The molecule has 112 valence electrons. The zero-order valence-electron chi connectivity index (χ0n) is 13.2. The van der Waals surface area contributed by atoms with Crippen LogP contribution in [0.5, 0.6) is 0 Å². The van der Waals surface area contributed by atoms with E-state index in [0.717, 1.165) is 17.4 Å². The summed E-state index contributed by atoms with van der Waals surface area (Å²) in [5, 5.41) is 4.70. The van der Waals surface area contributed by atoms with Gasteiger partial charge in [0, 0.05) is 17.1 Å². The number of nitrogens with one attached hydrogen (secondary N) is 1. The highest BCUT2D eigenvalue weighted by Crippen LogP contribution is 2.39. The molecule has 1 aliphatic carbocycles. The lowest BCUT2D eigenvalue weighted by molar-refractivity contribution is 0.140. The third-order valence-electron chi connectivity index (χ3n) is 4.79. The second-order valence-corrected chi connectivity index (χ2v) is 7.61. The summed E-state index contributed by atoms with van der Waals surface area (Å²) in [6.45, 7) is 9.45. The van der Waals surface area contributed by atoms with Crippen LogP contribution >= 0.6 is 11.6 Å². The molecular weight excluding hydrogens is 266 g/mol. The SMILES string of the molecule is CCC(NC1CCC(C)(C)CC1C)c1ccc(Cl)cc1. The Hall–Kier alpha value is -0.530. The molecule has 3 atom stereocenters. The Morgan fingerprint density at radius 2 is 1.95 bits per heavy atom. The summed E-state index contributed by atoms with van der Waals surface area (Å²) in [5.41, 5.74) is 1.87. The standard InChI is InChI=1S/C18H28ClN/c1-5-16(14-6-8-15(19)9-7-14)20-17-10-11-18(3,4)12-13(17)2/h6-9,13,16-17,20H,5,10-12H2,1-4H3. The number of hydrogen-bond acceptors (Lipinski definition) is 1. The quantitative estimate of drug-likeness (QED) is 0.762. The highest BCUT2D eigenvalue weighted by Gasteiger charge is 2.33. The second kappa shape index (κ2) is 6.49. The van der Waals surface area contributed by atoms with Crippen LogP contribution in [0.4, 0.5) is 0 Å². The highest BCUT2D eigenvalue weighted by molar-refractivity contribution is 6.30. The van der Waals surface area contributed by atoms with E-state index >= 15 is 0 Å². The van der Waals surface area contributed by atoms with E-state index in [1.54, 1.807) is 0 Å². The number of hydrogen-bond donors (Lipinski definition) is 1. The number of rotatable bonds is 4. The van der Waals surface area contributed by atoms with Crippen molar-refractivity contribution < 1.29 is 0 Å². The van der Waals surface area contributed by atoms with Gasteiger partial charge in [-0.05, 0) is 54.7 Å². The van der Waals surface area contributed by atoms with Crippen molar-refractivity contribution in [2.45, 2.75) is 65.5 Å². The molecule has 2 rings (SSSR count). The molecule has 1 N–H and O–H groups in total. The maximum Gasteiger partial charge on any atom is 0.0406 e. The second-order valence-electron chi connectivity index (χ2n) is 7.17. The van der Waals surface area contributed by atoms with Crippen molar-refractivity contribution in [3.63, 3.8) is 0 Å². The van der Waals surface area contributed by atoms with E-state index in [0.29, 0.717) is 17.5 Å². The minimum atomic E-state index is 0.445. The summed E-state index contributed by atoms with van der Waals surface area (Å²) in [4.78, 5) is 0. The van der Waals surface area contributed by atoms with Gasteiger partial charge in [0.1, 0.15) is 0 Å². The lowest BCUT2D eigenvalue weighted by Crippen LogP contribution is -2.43. The molecule has 20 heavy (non-hydrogen) atoms. The zero-order chi connectivity index (χ0) is 14.8. The zero-order valence-corrected chi connectivity index (χ0v) is 14.0. The molecule has 1 aromatic rings. The molecule has 0 heterocycles. The van der Waals surface area contributed by atoms with Gasteiger partial charge in [0.05, 0.1) is 0 Å². The monoisotopic (exact) mass is 293 g/mol. The Kier molecular flexibility index (Phi) is 5.14. The lowest BCUT2D eigenvalue weighted by atomic mass is 9.70. The number of halogens is 1. The Morgan fingerprint density at radius 1 is 1.30 bits per heavy atom. The molecule has 0 saturated heterocycles. The Morgan fingerprint density at radius 3 is 2.50 bits per heavy atom. The van der Waals surface area contributed by atoms with Gasteiger partial charge in [-0.25, -0.2) is 0 Å². The van der Waals surface area contributed by atoms with Crippen LogP contribution in [0.15, 0.2) is 24.3 Å². The Bertz CT molecular complexity index is 424. The van der Waals surface area contributed by atoms with Crippen LogP contribution in [-0.2, 0) is 0 Å². The van der Waals surface area contributed by atoms with Crippen LogP contribution in [-0.4, -0.2) is 6.04 Å². The fourth-order valence-corrected chi connectivity index (χ4v) is 3.72. The van der Waals surface area contributed by atoms with Gasteiger partial charge in [-0.15, -0.1) is 0 Å². The van der Waals surface area contributed by atoms with Gasteiger partial charge in [0.15, 0.2) is 0 Å². The number of benzene rings is 1. The molecule has 1 aromatic carbocycles. The summed E-state index contributed by atoms with van der Waals surface area (Å²) in [5.74, 6) is 0.750. The van der Waals surface area contributed by atoms with E-state index in [2.05, 4.69) is 45.1 Å². The van der Waals surface area contributed by atoms with Crippen LogP contribution < -0.4 is 5.32 Å². The van der Waals surface area contributed by atoms with E-state index < -0.39 is 0 Å². The maximum atomic E-state index is 5.99. The molecule has 1 saturated carbocycles. The molecule has 0 aliphatic heterocycles. The molecule has 1 aliphatic rings. The molecular formula is C18H28ClN. The van der Waals surface area contributed by atoms with E-state index in [4.69, 9.17) is 11.6 Å². The minimum absolute atomic E-state index is 0.445. The molecule has 1 nitrogen and oxygen atoms in total. The molecule has 0 amide bonds. The first-order valence-electron chi connectivity index (χ1n) is 7.93. The van der Waals surface area contributed by atoms with E-state index in [1.165, 1.54) is 24.8 Å². The van der Waals surface area contributed by atoms with E-state index in [-0.39, 0.29) is 0 Å². The average molecular weight is 294 g/mol. The van der Waals surface area contributed by atoms with Gasteiger partial charge >= 0.3 is 0 Å². The lowest BCUT2D eigenvalue weighted by Gasteiger charge is -2.41. The molecule has 2 heteroatoms. The van der Waals surface area contributed by atoms with Crippen molar-refractivity contribution in [1.82, 2.24) is 5.32 Å². The van der Waals surface area contributed by atoms with Gasteiger partial charge in [0.2, 0.25) is 0 Å². The molecule has 0 spiro atoms. The van der Waals surface area contributed by atoms with Crippen LogP contribution in [0.1, 0.15) is 65.0 Å². The van der Waals surface area contributed by atoms with Crippen LogP contribution in [0.25, 0.3) is 0 Å². The summed E-state index contributed by atoms with van der Waals surface area (Å²) in [6.07, 6.45) is 5.06. The molecule has 0 bridgehead atoms. The summed E-state index contributed by atoms with van der Waals surface area (Å²) < 4.78 is 0. The molecule has 3 unspecified atom stereocenters. The maximum absolute atomic E-state index is 5.99. The molecule has 1 fully saturated rings. The van der Waals surface area contributed by atoms with Gasteiger partial charge in [-0.2, -0.15) is 0 Å². The first-order chi connectivity index (χ1) is 9.41. The Balaban J connectivity index is 2.02. The van der Waals surface area contributed by atoms with Crippen molar-refractivity contribution in [3.8, 4) is 0 Å². The average Bonchev–Trinajstić information content (AvgIpc) is 2.39. The van der Waals surface area contributed by atoms with Gasteiger partial charge in [-0.3, -0.25) is 0 Å². The van der Waals surface area contributed by atoms with Crippen molar-refractivity contribution in [1.29, 1.82) is 0 Å². The summed E-state index contributed by atoms with van der Waals surface area (Å²) >= 11 is 5.99. The van der Waals surface area contributed by atoms with E-state index in [9.17, 15) is 0 Å². The van der Waals surface area contributed by atoms with Crippen molar-refractivity contribution in [2.24, 2.45) is 11.3 Å². The minimum Gasteiger partial charge on any atom is -0.307 e. The smallest absolute Gasteiger partial charge is 0.0406 e. The van der Waals surface area contributed by atoms with Crippen molar-refractivity contribution >= 4 is 11.6 Å². The van der Waals surface area contributed by atoms with Crippen LogP contribution in [0, 0.1) is 11.3 Å². The fraction of sp³-hybridized carbons (Fsp3) is 0.667. The molecule has 0 radical (unpaired) electrons. The highest BCUT2D eigenvalue weighted by atomic mass is 35.5. The largest absolute Gasteiger partial charge is 0.307 e. The van der Waals surface area contributed by atoms with Gasteiger partial charge in [-0.1, -0.05) is 51.4 Å². The van der Waals surface area contributed by atoms with Crippen LogP contribution in [0.3, 0.4) is 0 Å². The van der Waals surface area contributed by atoms with Crippen molar-refractivity contribution in [2.75, 3.05) is 0 Å². The predicted molar refractivity (Wildman–Crippen MR) is 88.2 cm³/mol. The fourth-order valence-electron chi connectivity index (χ4n) is 3.60. The predicted octanol–water partition coefficient (Wildman–Crippen LogP) is 5.60. The first-order valence-corrected chi connectivity index (χ1v) is 8.30. The topological polar surface area (TPSA) is 12.0 Å². The van der Waals surface area contributed by atoms with Gasteiger partial charge in [0.25, 0.3) is 0 Å². The Labute approximate surface area is 129 Å². The van der Waals surface area contributed by atoms with Gasteiger partial charge < -0.3 is 5.32 Å². The molecule has 0 aromatic heterocycles. The summed E-state index contributed by atoms with van der Waals surface area (Å²) in [7, 11) is 0. The third-order valence-corrected chi connectivity index (χ3v) is 5.04. The first kappa shape index (κ1) is 15.9. The van der Waals surface area contributed by atoms with Crippen LogP contribution in [0.2, 0.25) is 5.02 Å². The van der Waals surface area contributed by atoms with E-state index in [1.807, 2.05) is 12.1 Å².